The van der Waals surface area contributed by atoms with Gasteiger partial charge in [0.05, 0.1) is 0 Å². The summed E-state index contributed by atoms with van der Waals surface area (Å²) in [5.41, 5.74) is 1.05. The Morgan fingerprint density at radius 2 is 1.82 bits per heavy atom. The van der Waals surface area contributed by atoms with Gasteiger partial charge in [0.25, 0.3) is 0 Å². The molecular formula is C15H20N2O5. The molecule has 1 aliphatic heterocycles. The number of ether oxygens (including phenoxy) is 2. The molecule has 1 aliphatic rings. The normalized spacial score (nSPS) is 12.5. The van der Waals surface area contributed by atoms with Crippen LogP contribution >= 0.6 is 0 Å². The highest BCUT2D eigenvalue weighted by Crippen LogP contribution is 2.30. The first-order valence-corrected chi connectivity index (χ1v) is 7.27. The highest BCUT2D eigenvalue weighted by atomic mass is 16.6. The van der Waals surface area contributed by atoms with Crippen LogP contribution in [-0.4, -0.2) is 43.4 Å². The molecule has 1 heterocycles. The van der Waals surface area contributed by atoms with E-state index in [0.717, 1.165) is 17.1 Å². The second kappa shape index (κ2) is 8.11. The molecule has 0 atom stereocenters. The lowest BCUT2D eigenvalue weighted by Gasteiger charge is -2.18. The molecule has 0 aliphatic carbocycles. The lowest BCUT2D eigenvalue weighted by atomic mass is 10.1. The summed E-state index contributed by atoms with van der Waals surface area (Å²) in [4.78, 5) is 21.8. The molecule has 0 aromatic heterocycles. The Labute approximate surface area is 128 Å². The topological polar surface area (TPSA) is 96.9 Å². The molecule has 1 aromatic rings. The smallest absolute Gasteiger partial charge is 0.314 e. The van der Waals surface area contributed by atoms with Gasteiger partial charge in [-0.2, -0.15) is 0 Å². The van der Waals surface area contributed by atoms with E-state index in [-0.39, 0.29) is 12.5 Å². The highest BCUT2D eigenvalue weighted by molar-refractivity contribution is 5.73. The van der Waals surface area contributed by atoms with Crippen LogP contribution in [0.25, 0.3) is 0 Å². The summed E-state index contributed by atoms with van der Waals surface area (Å²) in [7, 11) is 0. The van der Waals surface area contributed by atoms with Crippen molar-refractivity contribution in [1.29, 1.82) is 0 Å². The van der Waals surface area contributed by atoms with Crippen LogP contribution in [0.2, 0.25) is 0 Å². The molecule has 120 valence electrons. The summed E-state index contributed by atoms with van der Waals surface area (Å²) in [6, 6.07) is 5.44. The van der Waals surface area contributed by atoms with Crippen LogP contribution in [0.4, 0.5) is 4.79 Å². The van der Waals surface area contributed by atoms with Crippen molar-refractivity contribution in [1.82, 2.24) is 10.6 Å². The largest absolute Gasteiger partial charge is 0.486 e. The molecule has 2 amide bonds. The molecular weight excluding hydrogens is 288 g/mol. The number of rotatable bonds is 7. The highest BCUT2D eigenvalue weighted by Gasteiger charge is 2.11. The molecule has 2 rings (SSSR count). The first kappa shape index (κ1) is 15.9. The van der Waals surface area contributed by atoms with Crippen molar-refractivity contribution in [3.05, 3.63) is 23.8 Å². The third-order valence-corrected chi connectivity index (χ3v) is 3.16. The number of nitrogens with one attached hydrogen (secondary N) is 2. The third kappa shape index (κ3) is 5.16. The molecule has 3 N–H and O–H groups in total. The van der Waals surface area contributed by atoms with E-state index in [4.69, 9.17) is 14.6 Å². The predicted octanol–water partition coefficient (Wildman–Crippen LogP) is 1.16. The number of carboxylic acid groups (broad SMARTS) is 1. The Balaban J connectivity index is 1.65. The number of fused-ring (bicyclic) bond motifs is 1. The van der Waals surface area contributed by atoms with E-state index < -0.39 is 5.97 Å². The first-order valence-electron chi connectivity index (χ1n) is 7.27. The molecule has 0 fully saturated rings. The molecule has 0 spiro atoms. The number of carbonyl (C=O) groups is 2. The third-order valence-electron chi connectivity index (χ3n) is 3.16. The van der Waals surface area contributed by atoms with Gasteiger partial charge < -0.3 is 25.2 Å². The van der Waals surface area contributed by atoms with Crippen molar-refractivity contribution >= 4 is 12.0 Å². The molecule has 0 radical (unpaired) electrons. The maximum absolute atomic E-state index is 11.5. The van der Waals surface area contributed by atoms with Crippen molar-refractivity contribution in [3.63, 3.8) is 0 Å². The van der Waals surface area contributed by atoms with Gasteiger partial charge in [0.15, 0.2) is 11.5 Å². The molecule has 1 aromatic carbocycles. The number of benzene rings is 1. The zero-order valence-electron chi connectivity index (χ0n) is 12.3. The quantitative estimate of drug-likeness (QED) is 0.657. The fraction of sp³-hybridized carbons (Fsp3) is 0.467. The van der Waals surface area contributed by atoms with Gasteiger partial charge >= 0.3 is 12.0 Å². The van der Waals surface area contributed by atoms with Gasteiger partial charge in [0, 0.05) is 19.5 Å². The number of amides is 2. The molecule has 0 saturated carbocycles. The molecule has 0 bridgehead atoms. The lowest BCUT2D eigenvalue weighted by Crippen LogP contribution is -2.37. The van der Waals surface area contributed by atoms with Crippen molar-refractivity contribution < 1.29 is 24.2 Å². The Hall–Kier alpha value is -2.44. The maximum Gasteiger partial charge on any atom is 0.314 e. The molecule has 0 unspecified atom stereocenters. The van der Waals surface area contributed by atoms with Crippen LogP contribution < -0.4 is 20.1 Å². The van der Waals surface area contributed by atoms with Gasteiger partial charge in [0.2, 0.25) is 0 Å². The summed E-state index contributed by atoms with van der Waals surface area (Å²) in [5.74, 6) is 0.627. The minimum atomic E-state index is -0.860. The van der Waals surface area contributed by atoms with E-state index in [1.54, 1.807) is 0 Å². The number of urea groups is 1. The van der Waals surface area contributed by atoms with Crippen LogP contribution in [0.5, 0.6) is 11.5 Å². The van der Waals surface area contributed by atoms with E-state index in [0.29, 0.717) is 39.1 Å². The van der Waals surface area contributed by atoms with E-state index >= 15 is 0 Å². The summed E-state index contributed by atoms with van der Waals surface area (Å²) >= 11 is 0. The van der Waals surface area contributed by atoms with Crippen molar-refractivity contribution in [2.45, 2.75) is 19.3 Å². The Morgan fingerprint density at radius 1 is 1.09 bits per heavy atom. The zero-order valence-corrected chi connectivity index (χ0v) is 12.3. The molecule has 0 saturated heterocycles. The standard InChI is InChI=1S/C15H20N2O5/c18-14(19)2-1-6-16-15(20)17-7-5-11-3-4-12-13(10-11)22-9-8-21-12/h3-4,10H,1-2,5-9H2,(H,18,19)(H2,16,17,20). The van der Waals surface area contributed by atoms with Crippen LogP contribution in [0, 0.1) is 0 Å². The van der Waals surface area contributed by atoms with Crippen molar-refractivity contribution in [3.8, 4) is 11.5 Å². The summed E-state index contributed by atoms with van der Waals surface area (Å²) in [5, 5.41) is 13.8. The fourth-order valence-corrected chi connectivity index (χ4v) is 2.07. The minimum Gasteiger partial charge on any atom is -0.486 e. The Kier molecular flexibility index (Phi) is 5.88. The number of carbonyl (C=O) groups excluding carboxylic acids is 1. The Morgan fingerprint density at radius 3 is 2.59 bits per heavy atom. The van der Waals surface area contributed by atoms with Crippen LogP contribution in [0.3, 0.4) is 0 Å². The van der Waals surface area contributed by atoms with E-state index in [9.17, 15) is 9.59 Å². The van der Waals surface area contributed by atoms with E-state index in [1.165, 1.54) is 0 Å². The first-order chi connectivity index (χ1) is 10.6. The van der Waals surface area contributed by atoms with Crippen LogP contribution in [0.1, 0.15) is 18.4 Å². The minimum absolute atomic E-state index is 0.0531. The Bertz CT molecular complexity index is 533. The number of carboxylic acids is 1. The van der Waals surface area contributed by atoms with Gasteiger partial charge in [-0.25, -0.2) is 4.79 Å². The number of aliphatic carboxylic acids is 1. The average molecular weight is 308 g/mol. The van der Waals surface area contributed by atoms with Crippen LogP contribution in [-0.2, 0) is 11.2 Å². The molecule has 22 heavy (non-hydrogen) atoms. The average Bonchev–Trinajstić information content (AvgIpc) is 2.51. The fourth-order valence-electron chi connectivity index (χ4n) is 2.07. The van der Waals surface area contributed by atoms with Crippen molar-refractivity contribution in [2.75, 3.05) is 26.3 Å². The van der Waals surface area contributed by atoms with Gasteiger partial charge in [-0.3, -0.25) is 4.79 Å². The zero-order chi connectivity index (χ0) is 15.8. The van der Waals surface area contributed by atoms with E-state index in [1.807, 2.05) is 18.2 Å². The second-order valence-corrected chi connectivity index (χ2v) is 4.91. The van der Waals surface area contributed by atoms with Gasteiger partial charge in [-0.15, -0.1) is 0 Å². The number of hydrogen-bond acceptors (Lipinski definition) is 4. The van der Waals surface area contributed by atoms with Crippen LogP contribution in [0.15, 0.2) is 18.2 Å². The molecule has 7 nitrogen and oxygen atoms in total. The summed E-state index contributed by atoms with van der Waals surface area (Å²) in [6.07, 6.45) is 1.15. The SMILES string of the molecule is O=C(O)CCCNC(=O)NCCc1ccc2c(c1)OCCO2. The van der Waals surface area contributed by atoms with Crippen molar-refractivity contribution in [2.24, 2.45) is 0 Å². The van der Waals surface area contributed by atoms with E-state index in [2.05, 4.69) is 10.6 Å². The summed E-state index contributed by atoms with van der Waals surface area (Å²) in [6.45, 7) is 1.95. The maximum atomic E-state index is 11.5. The van der Waals surface area contributed by atoms with Gasteiger partial charge in [0.1, 0.15) is 13.2 Å². The second-order valence-electron chi connectivity index (χ2n) is 4.91. The van der Waals surface area contributed by atoms with Gasteiger partial charge in [-0.05, 0) is 30.5 Å². The molecule has 7 heteroatoms. The monoisotopic (exact) mass is 308 g/mol. The number of hydrogen-bond donors (Lipinski definition) is 3. The van der Waals surface area contributed by atoms with Gasteiger partial charge in [-0.1, -0.05) is 6.07 Å². The predicted molar refractivity (Wildman–Crippen MR) is 79.4 cm³/mol. The lowest BCUT2D eigenvalue weighted by molar-refractivity contribution is -0.137. The summed E-state index contributed by atoms with van der Waals surface area (Å²) < 4.78 is 10.9.